The lowest BCUT2D eigenvalue weighted by molar-refractivity contribution is -0.902. The minimum Gasteiger partial charge on any atom is -0.356 e. The van der Waals surface area contributed by atoms with Gasteiger partial charge in [0.25, 0.3) is 0 Å². The zero-order valence-corrected chi connectivity index (χ0v) is 19.6. The third-order valence-electron chi connectivity index (χ3n) is 4.73. The van der Waals surface area contributed by atoms with Crippen LogP contribution in [0.4, 0.5) is 0 Å². The van der Waals surface area contributed by atoms with E-state index in [9.17, 15) is 13.2 Å². The molecule has 1 aliphatic rings. The van der Waals surface area contributed by atoms with Crippen LogP contribution < -0.4 is 15.5 Å². The molecule has 0 saturated carbocycles. The molecule has 0 bridgehead atoms. The first-order valence-corrected chi connectivity index (χ1v) is 12.0. The first-order chi connectivity index (χ1) is 13.7. The van der Waals surface area contributed by atoms with Crippen LogP contribution in [0.5, 0.6) is 0 Å². The Balaban J connectivity index is 2.34. The number of allylic oxidation sites excluding steroid dienone is 4. The fourth-order valence-electron chi connectivity index (χ4n) is 2.88. The van der Waals surface area contributed by atoms with Crippen LogP contribution in [0.3, 0.4) is 0 Å². The Morgan fingerprint density at radius 2 is 1.93 bits per heavy atom. The van der Waals surface area contributed by atoms with Crippen LogP contribution in [-0.4, -0.2) is 71.5 Å². The molecule has 0 spiro atoms. The van der Waals surface area contributed by atoms with Gasteiger partial charge in [0.05, 0.1) is 34.6 Å². The number of rotatable bonds is 12. The molecule has 0 aromatic heterocycles. The lowest BCUT2D eigenvalue weighted by atomic mass is 10.2. The Morgan fingerprint density at radius 1 is 1.28 bits per heavy atom. The maximum Gasteiger partial charge on any atom is 0.243 e. The van der Waals surface area contributed by atoms with Crippen LogP contribution in [0.25, 0.3) is 0 Å². The van der Waals surface area contributed by atoms with Crippen LogP contribution in [-0.2, 0) is 14.8 Å². The topological polar surface area (TPSA) is 83.0 Å². The highest BCUT2D eigenvalue weighted by Crippen LogP contribution is 2.27. The molecule has 1 saturated heterocycles. The summed E-state index contributed by atoms with van der Waals surface area (Å²) in [5, 5.41) is 6.15. The van der Waals surface area contributed by atoms with Crippen LogP contribution in [0, 0.1) is 0 Å². The van der Waals surface area contributed by atoms with Crippen molar-refractivity contribution in [2.75, 3.05) is 52.9 Å². The molecule has 1 heterocycles. The second-order valence-electron chi connectivity index (χ2n) is 6.97. The summed E-state index contributed by atoms with van der Waals surface area (Å²) in [5.74, 6) is -0.180. The van der Waals surface area contributed by atoms with Crippen LogP contribution in [0.1, 0.15) is 26.2 Å². The first-order valence-electron chi connectivity index (χ1n) is 9.84. The summed E-state index contributed by atoms with van der Waals surface area (Å²) >= 11 is 12.0. The van der Waals surface area contributed by atoms with Gasteiger partial charge in [0.15, 0.2) is 0 Å². The van der Waals surface area contributed by atoms with Gasteiger partial charge in [0.1, 0.15) is 0 Å². The van der Waals surface area contributed by atoms with Gasteiger partial charge < -0.3 is 15.5 Å². The number of hydrogen-bond donors (Lipinski definition) is 3. The third-order valence-corrected chi connectivity index (χ3v) is 7.52. The summed E-state index contributed by atoms with van der Waals surface area (Å²) in [6, 6.07) is 0. The molecule has 7 nitrogen and oxygen atoms in total. The number of nitrogens with zero attached hydrogens (tertiary/aromatic N) is 1. The van der Waals surface area contributed by atoms with E-state index < -0.39 is 10.0 Å². The molecular weight excluding hydrogens is 435 g/mol. The predicted molar refractivity (Wildman–Crippen MR) is 120 cm³/mol. The predicted octanol–water partition coefficient (Wildman–Crippen LogP) is 0.802. The summed E-state index contributed by atoms with van der Waals surface area (Å²) in [6.07, 6.45) is 5.17. The SMILES string of the molecule is C=C(C(Cl)=C(Cl)C=CC)S(=O)(=O)N(C)CCC(=O)NCCCC[NH+]1CCNCC1. The van der Waals surface area contributed by atoms with E-state index >= 15 is 0 Å². The highest BCUT2D eigenvalue weighted by atomic mass is 35.5. The fourth-order valence-corrected chi connectivity index (χ4v) is 4.58. The largest absolute Gasteiger partial charge is 0.356 e. The quantitative estimate of drug-likeness (QED) is 0.292. The van der Waals surface area contributed by atoms with E-state index in [0.717, 1.165) is 49.9 Å². The molecule has 1 aliphatic heterocycles. The van der Waals surface area contributed by atoms with E-state index in [0.29, 0.717) is 6.54 Å². The zero-order chi connectivity index (χ0) is 21.9. The second-order valence-corrected chi connectivity index (χ2v) is 9.82. The Morgan fingerprint density at radius 3 is 2.55 bits per heavy atom. The van der Waals surface area contributed by atoms with Crippen LogP contribution >= 0.6 is 23.2 Å². The summed E-state index contributed by atoms with van der Waals surface area (Å²) in [5.41, 5.74) is 0. The van der Waals surface area contributed by atoms with Crippen LogP contribution in [0.15, 0.2) is 33.7 Å². The average Bonchev–Trinajstić information content (AvgIpc) is 2.71. The van der Waals surface area contributed by atoms with E-state index in [1.807, 2.05) is 0 Å². The number of carbonyl (C=O) groups excluding carboxylic acids is 1. The average molecular weight is 468 g/mol. The van der Waals surface area contributed by atoms with Crippen molar-refractivity contribution in [1.82, 2.24) is 14.9 Å². The Bertz CT molecular complexity index is 717. The Kier molecular flexibility index (Phi) is 12.1. The van der Waals surface area contributed by atoms with E-state index in [2.05, 4.69) is 17.2 Å². The van der Waals surface area contributed by atoms with Gasteiger partial charge in [0.2, 0.25) is 15.9 Å². The van der Waals surface area contributed by atoms with Crippen molar-refractivity contribution in [1.29, 1.82) is 0 Å². The summed E-state index contributed by atoms with van der Waals surface area (Å²) in [4.78, 5) is 13.3. The number of amides is 1. The number of halogens is 2. The number of sulfonamides is 1. The van der Waals surface area contributed by atoms with Gasteiger partial charge >= 0.3 is 0 Å². The molecule has 1 fully saturated rings. The molecule has 0 atom stereocenters. The highest BCUT2D eigenvalue weighted by Gasteiger charge is 2.25. The molecular formula is C19H33Cl2N4O3S+. The molecule has 166 valence electrons. The van der Waals surface area contributed by atoms with Gasteiger partial charge in [-0.2, -0.15) is 0 Å². The van der Waals surface area contributed by atoms with Crippen molar-refractivity contribution in [2.45, 2.75) is 26.2 Å². The van der Waals surface area contributed by atoms with Gasteiger partial charge in [-0.15, -0.1) is 0 Å². The monoisotopic (exact) mass is 467 g/mol. The summed E-state index contributed by atoms with van der Waals surface area (Å²) in [6.45, 7) is 11.5. The minimum atomic E-state index is -3.90. The fraction of sp³-hybridized carbons (Fsp3) is 0.632. The van der Waals surface area contributed by atoms with Gasteiger partial charge in [-0.3, -0.25) is 4.79 Å². The zero-order valence-electron chi connectivity index (χ0n) is 17.3. The molecule has 10 heteroatoms. The van der Waals surface area contributed by atoms with Crippen molar-refractivity contribution in [3.8, 4) is 0 Å². The standard InChI is InChI=1S/C19H32Cl2N4O3S/c1-4-7-17(20)19(21)16(2)29(27,28)24(3)13-8-18(26)23-9-5-6-12-25-14-10-22-11-15-25/h4,7,22H,2,5-6,8-15H2,1,3H3,(H,23,26)/p+1. The first kappa shape index (κ1) is 26.1. The van der Waals surface area contributed by atoms with E-state index in [4.69, 9.17) is 23.2 Å². The van der Waals surface area contributed by atoms with Crippen molar-refractivity contribution in [3.05, 3.63) is 33.7 Å². The van der Waals surface area contributed by atoms with Gasteiger partial charge in [0, 0.05) is 39.6 Å². The van der Waals surface area contributed by atoms with Gasteiger partial charge in [-0.25, -0.2) is 12.7 Å². The Hall–Kier alpha value is -0.900. The smallest absolute Gasteiger partial charge is 0.243 e. The molecule has 0 aromatic carbocycles. The van der Waals surface area contributed by atoms with Crippen molar-refractivity contribution < 1.29 is 18.1 Å². The number of hydrogen-bond acceptors (Lipinski definition) is 4. The summed E-state index contributed by atoms with van der Waals surface area (Å²) in [7, 11) is -2.51. The normalized spacial score (nSPS) is 16.9. The van der Waals surface area contributed by atoms with Crippen molar-refractivity contribution in [3.63, 3.8) is 0 Å². The van der Waals surface area contributed by atoms with E-state index in [1.54, 1.807) is 17.9 Å². The van der Waals surface area contributed by atoms with Crippen LogP contribution in [0.2, 0.25) is 0 Å². The highest BCUT2D eigenvalue weighted by molar-refractivity contribution is 7.93. The third kappa shape index (κ3) is 9.19. The number of carbonyl (C=O) groups is 1. The molecule has 1 amide bonds. The molecule has 0 aliphatic carbocycles. The number of unbranched alkanes of at least 4 members (excludes halogenated alkanes) is 1. The lowest BCUT2D eigenvalue weighted by Crippen LogP contribution is -3.14. The van der Waals surface area contributed by atoms with Crippen molar-refractivity contribution >= 4 is 39.1 Å². The van der Waals surface area contributed by atoms with E-state index in [-0.39, 0.29) is 33.8 Å². The van der Waals surface area contributed by atoms with Gasteiger partial charge in [-0.1, -0.05) is 35.9 Å². The molecule has 0 unspecified atom stereocenters. The second kappa shape index (κ2) is 13.4. The van der Waals surface area contributed by atoms with Gasteiger partial charge in [-0.05, 0) is 25.8 Å². The maximum absolute atomic E-state index is 12.5. The Labute approximate surface area is 184 Å². The minimum absolute atomic E-state index is 0.0313. The maximum atomic E-state index is 12.5. The number of piperazine rings is 1. The molecule has 29 heavy (non-hydrogen) atoms. The molecule has 1 rings (SSSR count). The molecule has 3 N–H and O–H groups in total. The number of nitrogens with one attached hydrogen (secondary N) is 3. The summed E-state index contributed by atoms with van der Waals surface area (Å²) < 4.78 is 26.1. The molecule has 0 aromatic rings. The van der Waals surface area contributed by atoms with E-state index in [1.165, 1.54) is 13.1 Å². The molecule has 0 radical (unpaired) electrons. The number of quaternary nitrogens is 1. The van der Waals surface area contributed by atoms with Crippen molar-refractivity contribution in [2.24, 2.45) is 0 Å². The lowest BCUT2D eigenvalue weighted by Gasteiger charge is -2.24.